The highest BCUT2D eigenvalue weighted by Crippen LogP contribution is 2.35. The third-order valence-electron chi connectivity index (χ3n) is 6.18. The van der Waals surface area contributed by atoms with E-state index in [4.69, 9.17) is 4.74 Å². The van der Waals surface area contributed by atoms with E-state index >= 15 is 0 Å². The van der Waals surface area contributed by atoms with Crippen LogP contribution in [-0.2, 0) is 16.1 Å². The van der Waals surface area contributed by atoms with E-state index < -0.39 is 29.8 Å². The Kier molecular flexibility index (Phi) is 5.56. The Morgan fingerprint density at radius 2 is 1.94 bits per heavy atom. The van der Waals surface area contributed by atoms with Crippen LogP contribution >= 0.6 is 11.3 Å². The molecule has 0 radical (unpaired) electrons. The molecule has 1 aromatic carbocycles. The lowest BCUT2D eigenvalue weighted by Gasteiger charge is -2.44. The Labute approximate surface area is 188 Å². The number of morpholine rings is 1. The molecule has 5 rings (SSSR count). The second-order valence-electron chi connectivity index (χ2n) is 8.02. The van der Waals surface area contributed by atoms with Crippen LogP contribution in [-0.4, -0.2) is 77.6 Å². The summed E-state index contributed by atoms with van der Waals surface area (Å²) < 4.78 is 19.3. The van der Waals surface area contributed by atoms with E-state index in [-0.39, 0.29) is 11.7 Å². The molecule has 0 spiro atoms. The van der Waals surface area contributed by atoms with Crippen LogP contribution in [0.5, 0.6) is 0 Å². The van der Waals surface area contributed by atoms with Crippen molar-refractivity contribution in [2.24, 2.45) is 0 Å². The number of imide groups is 1. The van der Waals surface area contributed by atoms with Gasteiger partial charge in [-0.25, -0.2) is 18.9 Å². The van der Waals surface area contributed by atoms with Crippen LogP contribution in [0.25, 0.3) is 0 Å². The van der Waals surface area contributed by atoms with Crippen LogP contribution in [0, 0.1) is 5.82 Å². The number of nitrogens with zero attached hydrogens (tertiary/aromatic N) is 4. The predicted octanol–water partition coefficient (Wildman–Crippen LogP) is 2.75. The molecule has 3 aliphatic heterocycles. The van der Waals surface area contributed by atoms with Gasteiger partial charge in [0.1, 0.15) is 11.9 Å². The molecule has 5 amide bonds. The van der Waals surface area contributed by atoms with Gasteiger partial charge in [0.15, 0.2) is 0 Å². The first-order valence-corrected chi connectivity index (χ1v) is 11.5. The zero-order valence-corrected chi connectivity index (χ0v) is 18.2. The molecule has 10 heteroatoms. The number of carbonyl (C=O) groups excluding carboxylic acids is 3. The van der Waals surface area contributed by atoms with E-state index in [9.17, 15) is 18.8 Å². The Morgan fingerprint density at radius 1 is 1.12 bits per heavy atom. The number of hydrogen-bond acceptors (Lipinski definition) is 5. The molecule has 8 nitrogen and oxygen atoms in total. The molecule has 0 N–H and O–H groups in total. The number of ether oxygens (including phenoxy) is 1. The van der Waals surface area contributed by atoms with Gasteiger partial charge in [0, 0.05) is 24.5 Å². The topological polar surface area (TPSA) is 73.4 Å². The molecular formula is C22H23FN4O4S. The Hall–Kier alpha value is -2.98. The fourth-order valence-electron chi connectivity index (χ4n) is 4.66. The standard InChI is InChI=1S/C22H23FN4O4S/c23-15-3-1-4-16(13-15)27-20(28)19-18(26(22(27)30)14-17-5-2-12-32-17)6-7-25(19)21(29)24-8-10-31-11-9-24/h1-5,12-13,18-19H,6-11,14H2. The molecule has 1 aromatic heterocycles. The average Bonchev–Trinajstić information content (AvgIpc) is 3.47. The van der Waals surface area contributed by atoms with Crippen molar-refractivity contribution in [1.82, 2.24) is 14.7 Å². The third kappa shape index (κ3) is 3.63. The van der Waals surface area contributed by atoms with Gasteiger partial charge in [0.25, 0.3) is 5.91 Å². The van der Waals surface area contributed by atoms with E-state index in [2.05, 4.69) is 0 Å². The van der Waals surface area contributed by atoms with Crippen molar-refractivity contribution >= 4 is 35.0 Å². The number of fused-ring (bicyclic) bond motifs is 1. The molecule has 32 heavy (non-hydrogen) atoms. The minimum atomic E-state index is -0.814. The normalized spacial score (nSPS) is 23.7. The Balaban J connectivity index is 1.50. The van der Waals surface area contributed by atoms with Gasteiger partial charge in [-0.15, -0.1) is 11.3 Å². The van der Waals surface area contributed by atoms with Gasteiger partial charge in [-0.3, -0.25) is 4.79 Å². The van der Waals surface area contributed by atoms with E-state index in [0.717, 1.165) is 9.78 Å². The summed E-state index contributed by atoms with van der Waals surface area (Å²) in [6.45, 7) is 2.55. The van der Waals surface area contributed by atoms with E-state index in [1.165, 1.54) is 35.6 Å². The summed E-state index contributed by atoms with van der Waals surface area (Å²) in [5, 5.41) is 1.93. The number of likely N-dealkylation sites (tertiary alicyclic amines) is 1. The summed E-state index contributed by atoms with van der Waals surface area (Å²) in [6, 6.07) is 7.32. The maximum atomic E-state index is 14.0. The fourth-order valence-corrected chi connectivity index (χ4v) is 5.36. The van der Waals surface area contributed by atoms with Gasteiger partial charge in [0.2, 0.25) is 0 Å². The zero-order chi connectivity index (χ0) is 22.2. The van der Waals surface area contributed by atoms with Crippen molar-refractivity contribution in [3.63, 3.8) is 0 Å². The maximum Gasteiger partial charge on any atom is 0.332 e. The first-order valence-electron chi connectivity index (χ1n) is 10.6. The van der Waals surface area contributed by atoms with Gasteiger partial charge < -0.3 is 19.4 Å². The van der Waals surface area contributed by atoms with Crippen LogP contribution < -0.4 is 4.90 Å². The summed E-state index contributed by atoms with van der Waals surface area (Å²) in [7, 11) is 0. The molecule has 4 heterocycles. The lowest BCUT2D eigenvalue weighted by atomic mass is 10.0. The summed E-state index contributed by atoms with van der Waals surface area (Å²) in [5.74, 6) is -1.03. The first kappa shape index (κ1) is 20.9. The lowest BCUT2D eigenvalue weighted by Crippen LogP contribution is -2.66. The number of thiophene rings is 1. The van der Waals surface area contributed by atoms with Crippen molar-refractivity contribution < 1.29 is 23.5 Å². The molecule has 168 valence electrons. The van der Waals surface area contributed by atoms with Crippen molar-refractivity contribution in [2.45, 2.75) is 25.0 Å². The number of rotatable bonds is 3. The summed E-state index contributed by atoms with van der Waals surface area (Å²) in [4.78, 5) is 47.2. The van der Waals surface area contributed by atoms with Crippen LogP contribution in [0.1, 0.15) is 11.3 Å². The predicted molar refractivity (Wildman–Crippen MR) is 116 cm³/mol. The molecular weight excluding hydrogens is 435 g/mol. The molecule has 3 fully saturated rings. The monoisotopic (exact) mass is 458 g/mol. The fraction of sp³-hybridized carbons (Fsp3) is 0.409. The van der Waals surface area contributed by atoms with Crippen LogP contribution in [0.2, 0.25) is 0 Å². The van der Waals surface area contributed by atoms with Gasteiger partial charge >= 0.3 is 12.1 Å². The molecule has 0 bridgehead atoms. The van der Waals surface area contributed by atoms with Crippen molar-refractivity contribution in [3.8, 4) is 0 Å². The molecule has 3 aliphatic rings. The average molecular weight is 459 g/mol. The Bertz CT molecular complexity index is 1030. The SMILES string of the molecule is O=C1C2C(CCN2C(=O)N2CCOCC2)N(Cc2cccs2)C(=O)N1c1cccc(F)c1. The van der Waals surface area contributed by atoms with Crippen molar-refractivity contribution in [1.29, 1.82) is 0 Å². The number of amides is 5. The quantitative estimate of drug-likeness (QED) is 0.709. The first-order chi connectivity index (χ1) is 15.5. The van der Waals surface area contributed by atoms with Gasteiger partial charge in [-0.05, 0) is 36.1 Å². The molecule has 2 unspecified atom stereocenters. The summed E-state index contributed by atoms with van der Waals surface area (Å²) in [6.07, 6.45) is 0.514. The highest BCUT2D eigenvalue weighted by atomic mass is 32.1. The maximum absolute atomic E-state index is 14.0. The van der Waals surface area contributed by atoms with E-state index in [1.54, 1.807) is 14.7 Å². The number of anilines is 1. The number of urea groups is 2. The van der Waals surface area contributed by atoms with Crippen molar-refractivity contribution in [3.05, 3.63) is 52.5 Å². The second kappa shape index (κ2) is 8.51. The zero-order valence-electron chi connectivity index (χ0n) is 17.4. The second-order valence-corrected chi connectivity index (χ2v) is 9.05. The molecule has 0 aliphatic carbocycles. The molecule has 2 aromatic rings. The lowest BCUT2D eigenvalue weighted by molar-refractivity contribution is -0.124. The van der Waals surface area contributed by atoms with Gasteiger partial charge in [0.05, 0.1) is 31.5 Å². The summed E-state index contributed by atoms with van der Waals surface area (Å²) in [5.41, 5.74) is 0.167. The molecule has 3 saturated heterocycles. The molecule has 2 atom stereocenters. The highest BCUT2D eigenvalue weighted by Gasteiger charge is 2.54. The number of carbonyl (C=O) groups is 3. The minimum Gasteiger partial charge on any atom is -0.378 e. The highest BCUT2D eigenvalue weighted by molar-refractivity contribution is 7.09. The van der Waals surface area contributed by atoms with Gasteiger partial charge in [-0.1, -0.05) is 12.1 Å². The van der Waals surface area contributed by atoms with E-state index in [1.807, 2.05) is 17.5 Å². The molecule has 0 saturated carbocycles. The van der Waals surface area contributed by atoms with Crippen LogP contribution in [0.15, 0.2) is 41.8 Å². The minimum absolute atomic E-state index is 0.167. The smallest absolute Gasteiger partial charge is 0.332 e. The van der Waals surface area contributed by atoms with Crippen molar-refractivity contribution in [2.75, 3.05) is 37.7 Å². The Morgan fingerprint density at radius 3 is 2.66 bits per heavy atom. The number of hydrogen-bond donors (Lipinski definition) is 0. The number of halogens is 1. The van der Waals surface area contributed by atoms with Crippen LogP contribution in [0.3, 0.4) is 0 Å². The van der Waals surface area contributed by atoms with Crippen LogP contribution in [0.4, 0.5) is 19.7 Å². The van der Waals surface area contributed by atoms with E-state index in [0.29, 0.717) is 45.8 Å². The summed E-state index contributed by atoms with van der Waals surface area (Å²) >= 11 is 1.52. The van der Waals surface area contributed by atoms with Gasteiger partial charge in [-0.2, -0.15) is 0 Å². The number of benzene rings is 1. The largest absolute Gasteiger partial charge is 0.378 e. The third-order valence-corrected chi connectivity index (χ3v) is 7.04.